The van der Waals surface area contributed by atoms with E-state index in [9.17, 15) is 9.90 Å². The molecule has 0 radical (unpaired) electrons. The number of fused-ring (bicyclic) bond motifs is 1. The Morgan fingerprint density at radius 1 is 1.35 bits per heavy atom. The van der Waals surface area contributed by atoms with Crippen LogP contribution >= 0.6 is 0 Å². The van der Waals surface area contributed by atoms with Crippen LogP contribution in [0.25, 0.3) is 0 Å². The van der Waals surface area contributed by atoms with Gasteiger partial charge in [0.25, 0.3) is 0 Å². The third kappa shape index (κ3) is 1.19. The molecule has 2 nitrogen and oxygen atoms in total. The number of aliphatic carboxylic acids is 1. The highest BCUT2D eigenvalue weighted by atomic mass is 16.4. The molecule has 0 heterocycles. The van der Waals surface area contributed by atoms with Gasteiger partial charge in [0.15, 0.2) is 0 Å². The minimum Gasteiger partial charge on any atom is -0.481 e. The van der Waals surface area contributed by atoms with Crippen molar-refractivity contribution in [1.82, 2.24) is 0 Å². The van der Waals surface area contributed by atoms with Crippen LogP contribution in [-0.2, 0) is 4.79 Å². The predicted molar refractivity (Wildman–Crippen MR) is 66.5 cm³/mol. The third-order valence-electron chi connectivity index (χ3n) is 6.21. The first-order valence-corrected chi connectivity index (χ1v) is 6.81. The standard InChI is InChI=1S/C15H22O2/c1-9-10-6-7-15(8-10)11(13(16)17)4-5-12(15)14(9,2)3/h10-12H,1,4-8H2,2-3H3,(H,16,17)/t10-,11-,12-,15-/m1/s1. The molecule has 2 bridgehead atoms. The highest BCUT2D eigenvalue weighted by Crippen LogP contribution is 2.70. The maximum atomic E-state index is 11.5. The van der Waals surface area contributed by atoms with Crippen LogP contribution < -0.4 is 0 Å². The van der Waals surface area contributed by atoms with Crippen molar-refractivity contribution in [2.75, 3.05) is 0 Å². The van der Waals surface area contributed by atoms with Crippen LogP contribution in [0.1, 0.15) is 46.0 Å². The van der Waals surface area contributed by atoms with Gasteiger partial charge in [0.2, 0.25) is 0 Å². The Hall–Kier alpha value is -0.790. The normalized spacial score (nSPS) is 46.9. The monoisotopic (exact) mass is 234 g/mol. The van der Waals surface area contributed by atoms with E-state index in [1.807, 2.05) is 0 Å². The second-order valence-corrected chi connectivity index (χ2v) is 6.94. The quantitative estimate of drug-likeness (QED) is 0.705. The van der Waals surface area contributed by atoms with Gasteiger partial charge >= 0.3 is 5.97 Å². The van der Waals surface area contributed by atoms with E-state index in [0.29, 0.717) is 11.8 Å². The molecular formula is C15H22O2. The zero-order valence-corrected chi connectivity index (χ0v) is 10.8. The second kappa shape index (κ2) is 3.15. The van der Waals surface area contributed by atoms with Crippen molar-refractivity contribution in [2.45, 2.75) is 46.0 Å². The smallest absolute Gasteiger partial charge is 0.307 e. The lowest BCUT2D eigenvalue weighted by molar-refractivity contribution is -0.147. The van der Waals surface area contributed by atoms with Gasteiger partial charge in [-0.1, -0.05) is 26.0 Å². The summed E-state index contributed by atoms with van der Waals surface area (Å²) in [5, 5.41) is 9.48. The van der Waals surface area contributed by atoms with Crippen LogP contribution in [0.3, 0.4) is 0 Å². The molecule has 3 fully saturated rings. The van der Waals surface area contributed by atoms with Gasteiger partial charge in [0, 0.05) is 0 Å². The Morgan fingerprint density at radius 2 is 2.06 bits per heavy atom. The molecule has 4 atom stereocenters. The van der Waals surface area contributed by atoms with E-state index in [4.69, 9.17) is 0 Å². The van der Waals surface area contributed by atoms with E-state index >= 15 is 0 Å². The SMILES string of the molecule is C=C1[C@@H]2CC[C@@]3(C2)[C@@H](C(=O)O)CC[C@@H]3C1(C)C. The van der Waals surface area contributed by atoms with E-state index in [0.717, 1.165) is 25.7 Å². The van der Waals surface area contributed by atoms with Crippen LogP contribution in [0.2, 0.25) is 0 Å². The summed E-state index contributed by atoms with van der Waals surface area (Å²) in [6.07, 6.45) is 5.33. The van der Waals surface area contributed by atoms with E-state index < -0.39 is 5.97 Å². The molecule has 0 aliphatic heterocycles. The molecule has 3 saturated carbocycles. The first-order valence-electron chi connectivity index (χ1n) is 6.81. The lowest BCUT2D eigenvalue weighted by Gasteiger charge is -2.50. The fourth-order valence-electron chi connectivity index (χ4n) is 5.39. The molecule has 1 spiro atoms. The highest BCUT2D eigenvalue weighted by Gasteiger charge is 2.64. The van der Waals surface area contributed by atoms with Crippen molar-refractivity contribution in [3.8, 4) is 0 Å². The van der Waals surface area contributed by atoms with Crippen molar-refractivity contribution < 1.29 is 9.90 Å². The molecule has 0 unspecified atom stereocenters. The Kier molecular flexibility index (Phi) is 2.10. The van der Waals surface area contributed by atoms with Gasteiger partial charge in [-0.25, -0.2) is 0 Å². The third-order valence-corrected chi connectivity index (χ3v) is 6.21. The van der Waals surface area contributed by atoms with Crippen molar-refractivity contribution >= 4 is 5.97 Å². The molecule has 0 aromatic carbocycles. The number of carboxylic acids is 1. The number of allylic oxidation sites excluding steroid dienone is 1. The Bertz CT molecular complexity index is 396. The Morgan fingerprint density at radius 3 is 2.71 bits per heavy atom. The van der Waals surface area contributed by atoms with Crippen LogP contribution in [0.5, 0.6) is 0 Å². The number of hydrogen-bond donors (Lipinski definition) is 1. The molecule has 3 rings (SSSR count). The van der Waals surface area contributed by atoms with Gasteiger partial charge in [-0.3, -0.25) is 4.79 Å². The van der Waals surface area contributed by atoms with Crippen LogP contribution in [0, 0.1) is 28.6 Å². The summed E-state index contributed by atoms with van der Waals surface area (Å²) in [6.45, 7) is 8.90. The number of hydrogen-bond acceptors (Lipinski definition) is 1. The first-order chi connectivity index (χ1) is 7.89. The number of rotatable bonds is 1. The van der Waals surface area contributed by atoms with Crippen molar-refractivity contribution in [3.05, 3.63) is 12.2 Å². The molecule has 0 amide bonds. The molecule has 0 aromatic heterocycles. The molecule has 3 aliphatic rings. The van der Waals surface area contributed by atoms with Crippen molar-refractivity contribution in [1.29, 1.82) is 0 Å². The van der Waals surface area contributed by atoms with E-state index in [2.05, 4.69) is 20.4 Å². The maximum absolute atomic E-state index is 11.5. The largest absolute Gasteiger partial charge is 0.481 e. The topological polar surface area (TPSA) is 37.3 Å². The molecular weight excluding hydrogens is 212 g/mol. The average Bonchev–Trinajstić information content (AvgIpc) is 2.81. The van der Waals surface area contributed by atoms with Gasteiger partial charge in [-0.15, -0.1) is 0 Å². The van der Waals surface area contributed by atoms with E-state index in [1.165, 1.54) is 12.0 Å². The minimum atomic E-state index is -0.559. The average molecular weight is 234 g/mol. The van der Waals surface area contributed by atoms with Crippen LogP contribution in [-0.4, -0.2) is 11.1 Å². The number of carbonyl (C=O) groups is 1. The molecule has 94 valence electrons. The summed E-state index contributed by atoms with van der Waals surface area (Å²) in [5.74, 6) is 0.477. The van der Waals surface area contributed by atoms with E-state index in [1.54, 1.807) is 0 Å². The first kappa shape index (κ1) is 11.3. The summed E-state index contributed by atoms with van der Waals surface area (Å²) >= 11 is 0. The molecule has 0 saturated heterocycles. The van der Waals surface area contributed by atoms with Crippen LogP contribution in [0.4, 0.5) is 0 Å². The summed E-state index contributed by atoms with van der Waals surface area (Å²) in [5.41, 5.74) is 1.63. The van der Waals surface area contributed by atoms with Crippen molar-refractivity contribution in [3.63, 3.8) is 0 Å². The zero-order chi connectivity index (χ0) is 12.4. The fourth-order valence-corrected chi connectivity index (χ4v) is 5.39. The van der Waals surface area contributed by atoms with Gasteiger partial charge in [-0.2, -0.15) is 0 Å². The van der Waals surface area contributed by atoms with E-state index in [-0.39, 0.29) is 16.7 Å². The molecule has 2 heteroatoms. The summed E-state index contributed by atoms with van der Waals surface area (Å²) in [4.78, 5) is 11.5. The van der Waals surface area contributed by atoms with Gasteiger partial charge < -0.3 is 5.11 Å². The fraction of sp³-hybridized carbons (Fsp3) is 0.800. The zero-order valence-electron chi connectivity index (χ0n) is 10.8. The van der Waals surface area contributed by atoms with Gasteiger partial charge in [-0.05, 0) is 54.8 Å². The highest BCUT2D eigenvalue weighted by molar-refractivity contribution is 5.72. The Balaban J connectivity index is 2.07. The van der Waals surface area contributed by atoms with Gasteiger partial charge in [0.1, 0.15) is 0 Å². The molecule has 0 aromatic rings. The summed E-state index contributed by atoms with van der Waals surface area (Å²) in [6, 6.07) is 0. The summed E-state index contributed by atoms with van der Waals surface area (Å²) in [7, 11) is 0. The molecule has 3 aliphatic carbocycles. The Labute approximate surface area is 103 Å². The van der Waals surface area contributed by atoms with Gasteiger partial charge in [0.05, 0.1) is 5.92 Å². The molecule has 1 N–H and O–H groups in total. The summed E-state index contributed by atoms with van der Waals surface area (Å²) < 4.78 is 0. The van der Waals surface area contributed by atoms with Crippen LogP contribution in [0.15, 0.2) is 12.2 Å². The lowest BCUT2D eigenvalue weighted by Crippen LogP contribution is -2.45. The maximum Gasteiger partial charge on any atom is 0.307 e. The second-order valence-electron chi connectivity index (χ2n) is 6.94. The molecule has 17 heavy (non-hydrogen) atoms. The lowest BCUT2D eigenvalue weighted by atomic mass is 9.54. The minimum absolute atomic E-state index is 0.0927. The number of carboxylic acid groups (broad SMARTS) is 1. The predicted octanol–water partition coefficient (Wildman–Crippen LogP) is 3.48. The van der Waals surface area contributed by atoms with Crippen molar-refractivity contribution in [2.24, 2.45) is 28.6 Å².